The van der Waals surface area contributed by atoms with E-state index in [9.17, 15) is 9.90 Å². The van der Waals surface area contributed by atoms with Crippen molar-refractivity contribution < 1.29 is 9.90 Å². The summed E-state index contributed by atoms with van der Waals surface area (Å²) >= 11 is 1.18. The zero-order valence-corrected chi connectivity index (χ0v) is 13.6. The van der Waals surface area contributed by atoms with Gasteiger partial charge in [-0.05, 0) is 52.9 Å². The Labute approximate surface area is 147 Å². The number of hydrogen-bond donors (Lipinski definition) is 2. The number of thioether (sulfide) groups is 1. The standard InChI is InChI=1S/C16H12N6O2S/c17-9-11-2-1-3-12(8-11)18-15(24)10-25-16-19-20-21-22(16)13-4-6-14(23)7-5-13/h1-8,23H,10H2,(H,18,24). The Hall–Kier alpha value is -3.38. The highest BCUT2D eigenvalue weighted by Gasteiger charge is 2.12. The first-order chi connectivity index (χ1) is 12.2. The molecule has 0 aliphatic heterocycles. The number of tetrazole rings is 1. The van der Waals surface area contributed by atoms with Crippen LogP contribution >= 0.6 is 11.8 Å². The summed E-state index contributed by atoms with van der Waals surface area (Å²) in [4.78, 5) is 12.1. The molecule has 1 aromatic heterocycles. The number of hydrogen-bond acceptors (Lipinski definition) is 7. The molecule has 0 atom stereocenters. The third-order valence-electron chi connectivity index (χ3n) is 3.14. The molecule has 3 aromatic rings. The third kappa shape index (κ3) is 4.13. The maximum atomic E-state index is 12.1. The average molecular weight is 352 g/mol. The van der Waals surface area contributed by atoms with Gasteiger partial charge in [0, 0.05) is 5.69 Å². The number of nitrogens with zero attached hydrogens (tertiary/aromatic N) is 5. The summed E-state index contributed by atoms with van der Waals surface area (Å²) in [6, 6.07) is 15.1. The predicted molar refractivity (Wildman–Crippen MR) is 91.3 cm³/mol. The van der Waals surface area contributed by atoms with Crippen molar-refractivity contribution in [3.8, 4) is 17.5 Å². The van der Waals surface area contributed by atoms with Crippen LogP contribution < -0.4 is 5.32 Å². The molecule has 0 aliphatic rings. The van der Waals surface area contributed by atoms with Crippen molar-refractivity contribution >= 4 is 23.4 Å². The van der Waals surface area contributed by atoms with Crippen LogP contribution in [0.15, 0.2) is 53.7 Å². The quantitative estimate of drug-likeness (QED) is 0.674. The van der Waals surface area contributed by atoms with Gasteiger partial charge in [-0.25, -0.2) is 0 Å². The Balaban J connectivity index is 1.64. The summed E-state index contributed by atoms with van der Waals surface area (Å²) in [5, 5.41) is 32.8. The van der Waals surface area contributed by atoms with E-state index in [0.29, 0.717) is 22.1 Å². The molecule has 0 spiro atoms. The molecule has 0 saturated carbocycles. The van der Waals surface area contributed by atoms with Gasteiger partial charge in [-0.15, -0.1) is 5.10 Å². The van der Waals surface area contributed by atoms with E-state index in [1.54, 1.807) is 36.4 Å². The van der Waals surface area contributed by atoms with Crippen LogP contribution in [0.4, 0.5) is 5.69 Å². The van der Waals surface area contributed by atoms with Crippen molar-refractivity contribution in [1.29, 1.82) is 5.26 Å². The fourth-order valence-corrected chi connectivity index (χ4v) is 2.71. The summed E-state index contributed by atoms with van der Waals surface area (Å²) in [6.45, 7) is 0. The fourth-order valence-electron chi connectivity index (χ4n) is 2.02. The molecule has 124 valence electrons. The number of carbonyl (C=O) groups is 1. The van der Waals surface area contributed by atoms with E-state index in [0.717, 1.165) is 0 Å². The normalized spacial score (nSPS) is 10.2. The first-order valence-corrected chi connectivity index (χ1v) is 8.15. The average Bonchev–Trinajstić information content (AvgIpc) is 3.09. The van der Waals surface area contributed by atoms with Gasteiger partial charge in [0.25, 0.3) is 0 Å². The Morgan fingerprint density at radius 1 is 1.28 bits per heavy atom. The molecule has 0 bridgehead atoms. The number of phenolic OH excluding ortho intramolecular Hbond substituents is 1. The van der Waals surface area contributed by atoms with Gasteiger partial charge in [0.05, 0.1) is 23.1 Å². The lowest BCUT2D eigenvalue weighted by Crippen LogP contribution is -2.14. The molecular weight excluding hydrogens is 340 g/mol. The number of rotatable bonds is 5. The van der Waals surface area contributed by atoms with Crippen LogP contribution in [0.1, 0.15) is 5.56 Å². The number of nitrogens with one attached hydrogen (secondary N) is 1. The number of benzene rings is 2. The monoisotopic (exact) mass is 352 g/mol. The van der Waals surface area contributed by atoms with E-state index in [2.05, 4.69) is 20.8 Å². The highest BCUT2D eigenvalue weighted by Crippen LogP contribution is 2.20. The van der Waals surface area contributed by atoms with Crippen LogP contribution in [0, 0.1) is 11.3 Å². The molecule has 0 saturated heterocycles. The molecule has 1 heterocycles. The lowest BCUT2D eigenvalue weighted by molar-refractivity contribution is -0.113. The number of amides is 1. The molecule has 25 heavy (non-hydrogen) atoms. The van der Waals surface area contributed by atoms with E-state index in [-0.39, 0.29) is 17.4 Å². The number of aromatic nitrogens is 4. The fraction of sp³-hybridized carbons (Fsp3) is 0.0625. The maximum absolute atomic E-state index is 12.1. The van der Waals surface area contributed by atoms with Gasteiger partial charge in [0.2, 0.25) is 11.1 Å². The van der Waals surface area contributed by atoms with Gasteiger partial charge in [0.15, 0.2) is 0 Å². The molecule has 2 N–H and O–H groups in total. The van der Waals surface area contributed by atoms with Crippen LogP contribution in [0.5, 0.6) is 5.75 Å². The summed E-state index contributed by atoms with van der Waals surface area (Å²) in [5.74, 6) is 0.0141. The molecule has 0 radical (unpaired) electrons. The molecular formula is C16H12N6O2S. The molecule has 8 nitrogen and oxygen atoms in total. The lowest BCUT2D eigenvalue weighted by Gasteiger charge is -2.06. The second-order valence-corrected chi connectivity index (χ2v) is 5.86. The van der Waals surface area contributed by atoms with E-state index in [1.807, 2.05) is 6.07 Å². The molecule has 0 aliphatic carbocycles. The van der Waals surface area contributed by atoms with Crippen LogP contribution in [-0.4, -0.2) is 37.0 Å². The van der Waals surface area contributed by atoms with E-state index in [1.165, 1.54) is 28.6 Å². The summed E-state index contributed by atoms with van der Waals surface area (Å²) in [5.41, 5.74) is 1.71. The summed E-state index contributed by atoms with van der Waals surface area (Å²) < 4.78 is 1.48. The second-order valence-electron chi connectivity index (χ2n) is 4.92. The van der Waals surface area contributed by atoms with Crippen molar-refractivity contribution in [3.63, 3.8) is 0 Å². The molecule has 3 rings (SSSR count). The topological polar surface area (TPSA) is 117 Å². The van der Waals surface area contributed by atoms with Crippen molar-refractivity contribution in [2.24, 2.45) is 0 Å². The maximum Gasteiger partial charge on any atom is 0.234 e. The largest absolute Gasteiger partial charge is 0.508 e. The summed E-state index contributed by atoms with van der Waals surface area (Å²) in [6.07, 6.45) is 0. The first-order valence-electron chi connectivity index (χ1n) is 7.16. The highest BCUT2D eigenvalue weighted by molar-refractivity contribution is 7.99. The zero-order chi connectivity index (χ0) is 17.6. The van der Waals surface area contributed by atoms with Crippen molar-refractivity contribution in [1.82, 2.24) is 20.2 Å². The molecule has 0 unspecified atom stereocenters. The van der Waals surface area contributed by atoms with E-state index in [4.69, 9.17) is 5.26 Å². The molecule has 2 aromatic carbocycles. The SMILES string of the molecule is N#Cc1cccc(NC(=O)CSc2nnnn2-c2ccc(O)cc2)c1. The number of anilines is 1. The van der Waals surface area contributed by atoms with Crippen LogP contribution in [0.25, 0.3) is 5.69 Å². The Morgan fingerprint density at radius 3 is 2.84 bits per heavy atom. The molecule has 1 amide bonds. The lowest BCUT2D eigenvalue weighted by atomic mass is 10.2. The third-order valence-corrected chi connectivity index (χ3v) is 4.06. The predicted octanol–water partition coefficient (Wildman–Crippen LogP) is 1.97. The van der Waals surface area contributed by atoms with Crippen LogP contribution in [0.3, 0.4) is 0 Å². The van der Waals surface area contributed by atoms with Crippen molar-refractivity contribution in [2.75, 3.05) is 11.1 Å². The number of nitriles is 1. The van der Waals surface area contributed by atoms with Gasteiger partial charge in [-0.3, -0.25) is 4.79 Å². The van der Waals surface area contributed by atoms with Crippen LogP contribution in [-0.2, 0) is 4.79 Å². The first kappa shape index (κ1) is 16.5. The Morgan fingerprint density at radius 2 is 2.08 bits per heavy atom. The minimum atomic E-state index is -0.236. The van der Waals surface area contributed by atoms with Gasteiger partial charge in [0.1, 0.15) is 5.75 Å². The number of phenols is 1. The Kier molecular flexibility index (Phi) is 4.92. The molecule has 9 heteroatoms. The van der Waals surface area contributed by atoms with Crippen LogP contribution in [0.2, 0.25) is 0 Å². The number of aromatic hydroxyl groups is 1. The van der Waals surface area contributed by atoms with E-state index >= 15 is 0 Å². The highest BCUT2D eigenvalue weighted by atomic mass is 32.2. The van der Waals surface area contributed by atoms with Gasteiger partial charge >= 0.3 is 0 Å². The van der Waals surface area contributed by atoms with Gasteiger partial charge < -0.3 is 10.4 Å². The Bertz CT molecular complexity index is 932. The van der Waals surface area contributed by atoms with Gasteiger partial charge in [-0.2, -0.15) is 9.94 Å². The number of carbonyl (C=O) groups excluding carboxylic acids is 1. The zero-order valence-electron chi connectivity index (χ0n) is 12.8. The van der Waals surface area contributed by atoms with Crippen molar-refractivity contribution in [2.45, 2.75) is 5.16 Å². The van der Waals surface area contributed by atoms with Crippen molar-refractivity contribution in [3.05, 3.63) is 54.1 Å². The minimum Gasteiger partial charge on any atom is -0.508 e. The van der Waals surface area contributed by atoms with E-state index < -0.39 is 0 Å². The second kappa shape index (κ2) is 7.46. The molecule has 0 fully saturated rings. The smallest absolute Gasteiger partial charge is 0.234 e. The summed E-state index contributed by atoms with van der Waals surface area (Å²) in [7, 11) is 0. The minimum absolute atomic E-state index is 0.106. The van der Waals surface area contributed by atoms with Gasteiger partial charge in [-0.1, -0.05) is 17.8 Å².